The van der Waals surface area contributed by atoms with E-state index < -0.39 is 0 Å². The SMILES string of the molecule is c1ccc(-c2cnc3[nH]cc(-c4ccn5ncc(-c6cccnc6)c5c4)c3c2)cc1. The zero-order chi connectivity index (χ0) is 19.9. The Balaban J connectivity index is 1.52. The Labute approximate surface area is 172 Å². The topological polar surface area (TPSA) is 58.9 Å². The Morgan fingerprint density at radius 2 is 1.63 bits per heavy atom. The van der Waals surface area contributed by atoms with Gasteiger partial charge in [0, 0.05) is 58.6 Å². The lowest BCUT2D eigenvalue weighted by molar-refractivity contribution is 0.962. The first-order valence-corrected chi connectivity index (χ1v) is 9.77. The van der Waals surface area contributed by atoms with Gasteiger partial charge in [0.05, 0.1) is 11.7 Å². The van der Waals surface area contributed by atoms with Crippen LogP contribution in [0.15, 0.2) is 97.8 Å². The fourth-order valence-corrected chi connectivity index (χ4v) is 3.92. The van der Waals surface area contributed by atoms with Crippen molar-refractivity contribution in [2.45, 2.75) is 0 Å². The van der Waals surface area contributed by atoms with E-state index in [1.54, 1.807) is 6.20 Å². The average Bonchev–Trinajstić information content (AvgIpc) is 3.43. The van der Waals surface area contributed by atoms with Gasteiger partial charge in [-0.05, 0) is 35.4 Å². The monoisotopic (exact) mass is 387 g/mol. The highest BCUT2D eigenvalue weighted by Crippen LogP contribution is 2.33. The van der Waals surface area contributed by atoms with Crippen LogP contribution in [0.4, 0.5) is 0 Å². The summed E-state index contributed by atoms with van der Waals surface area (Å²) in [6.07, 6.45) is 11.5. The number of hydrogen-bond acceptors (Lipinski definition) is 3. The third-order valence-corrected chi connectivity index (χ3v) is 5.44. The van der Waals surface area contributed by atoms with Crippen molar-refractivity contribution in [2.75, 3.05) is 0 Å². The van der Waals surface area contributed by atoms with Crippen molar-refractivity contribution in [3.63, 3.8) is 0 Å². The van der Waals surface area contributed by atoms with Gasteiger partial charge in [-0.3, -0.25) is 4.98 Å². The Morgan fingerprint density at radius 3 is 2.50 bits per heavy atom. The van der Waals surface area contributed by atoms with E-state index in [-0.39, 0.29) is 0 Å². The zero-order valence-corrected chi connectivity index (χ0v) is 16.0. The number of aromatic amines is 1. The molecule has 0 aliphatic heterocycles. The molecule has 0 atom stereocenters. The van der Waals surface area contributed by atoms with Crippen LogP contribution in [0.5, 0.6) is 0 Å². The predicted molar refractivity (Wildman–Crippen MR) is 119 cm³/mol. The van der Waals surface area contributed by atoms with Gasteiger partial charge in [0.1, 0.15) is 5.65 Å². The maximum Gasteiger partial charge on any atom is 0.137 e. The number of fused-ring (bicyclic) bond motifs is 2. The van der Waals surface area contributed by atoms with Gasteiger partial charge in [-0.25, -0.2) is 9.50 Å². The molecule has 5 aromatic heterocycles. The van der Waals surface area contributed by atoms with Crippen molar-refractivity contribution in [1.29, 1.82) is 0 Å². The number of hydrogen-bond donors (Lipinski definition) is 1. The summed E-state index contributed by atoms with van der Waals surface area (Å²) in [6, 6.07) is 20.8. The van der Waals surface area contributed by atoms with Crippen LogP contribution in [0.25, 0.3) is 49.9 Å². The molecular weight excluding hydrogens is 370 g/mol. The number of nitrogens with zero attached hydrogens (tertiary/aromatic N) is 4. The molecule has 1 N–H and O–H groups in total. The summed E-state index contributed by atoms with van der Waals surface area (Å²) in [5, 5.41) is 5.60. The summed E-state index contributed by atoms with van der Waals surface area (Å²) < 4.78 is 1.90. The highest BCUT2D eigenvalue weighted by molar-refractivity contribution is 5.97. The van der Waals surface area contributed by atoms with Crippen molar-refractivity contribution in [1.82, 2.24) is 24.6 Å². The van der Waals surface area contributed by atoms with Crippen molar-refractivity contribution in [2.24, 2.45) is 0 Å². The molecule has 0 aliphatic rings. The Hall–Kier alpha value is -4.25. The summed E-state index contributed by atoms with van der Waals surface area (Å²) in [6.45, 7) is 0. The number of aromatic nitrogens is 5. The van der Waals surface area contributed by atoms with Gasteiger partial charge in [-0.15, -0.1) is 0 Å². The second-order valence-electron chi connectivity index (χ2n) is 7.23. The molecule has 0 radical (unpaired) electrons. The zero-order valence-electron chi connectivity index (χ0n) is 16.0. The van der Waals surface area contributed by atoms with Crippen LogP contribution in [0.3, 0.4) is 0 Å². The summed E-state index contributed by atoms with van der Waals surface area (Å²) >= 11 is 0. The summed E-state index contributed by atoms with van der Waals surface area (Å²) in [4.78, 5) is 12.2. The highest BCUT2D eigenvalue weighted by Gasteiger charge is 2.12. The number of benzene rings is 1. The molecule has 30 heavy (non-hydrogen) atoms. The smallest absolute Gasteiger partial charge is 0.137 e. The van der Waals surface area contributed by atoms with Gasteiger partial charge in [-0.2, -0.15) is 5.10 Å². The fraction of sp³-hybridized carbons (Fsp3) is 0. The summed E-state index contributed by atoms with van der Waals surface area (Å²) in [5.74, 6) is 0. The number of pyridine rings is 3. The Bertz CT molecular complexity index is 1480. The van der Waals surface area contributed by atoms with Gasteiger partial charge in [0.2, 0.25) is 0 Å². The standard InChI is InChI=1S/C25H17N5/c1-2-5-17(6-3-1)20-11-21-22(15-28-25(21)27-14-20)18-8-10-30-24(12-18)23(16-29-30)19-7-4-9-26-13-19/h1-16H,(H,27,28). The first-order chi connectivity index (χ1) is 14.9. The number of H-pyrrole nitrogens is 1. The van der Waals surface area contributed by atoms with Crippen LogP contribution in [0, 0.1) is 0 Å². The minimum absolute atomic E-state index is 0.880. The minimum Gasteiger partial charge on any atom is -0.346 e. The van der Waals surface area contributed by atoms with E-state index in [0.717, 1.165) is 49.9 Å². The molecule has 5 heteroatoms. The van der Waals surface area contributed by atoms with Gasteiger partial charge in [-0.1, -0.05) is 36.4 Å². The first kappa shape index (κ1) is 16.7. The molecule has 5 heterocycles. The van der Waals surface area contributed by atoms with Gasteiger partial charge in [0.15, 0.2) is 0 Å². The molecule has 6 aromatic rings. The van der Waals surface area contributed by atoms with Crippen LogP contribution in [-0.4, -0.2) is 24.6 Å². The Kier molecular flexibility index (Phi) is 3.71. The number of rotatable bonds is 3. The van der Waals surface area contributed by atoms with Gasteiger partial charge >= 0.3 is 0 Å². The van der Waals surface area contributed by atoms with Crippen molar-refractivity contribution in [3.8, 4) is 33.4 Å². The van der Waals surface area contributed by atoms with E-state index >= 15 is 0 Å². The maximum atomic E-state index is 4.64. The molecule has 0 spiro atoms. The van der Waals surface area contributed by atoms with Crippen LogP contribution in [-0.2, 0) is 0 Å². The lowest BCUT2D eigenvalue weighted by Crippen LogP contribution is -1.88. The third-order valence-electron chi connectivity index (χ3n) is 5.44. The van der Waals surface area contributed by atoms with Gasteiger partial charge in [0.25, 0.3) is 0 Å². The summed E-state index contributed by atoms with van der Waals surface area (Å²) in [5.41, 5.74) is 8.54. The molecule has 142 valence electrons. The summed E-state index contributed by atoms with van der Waals surface area (Å²) in [7, 11) is 0. The van der Waals surface area contributed by atoms with Crippen LogP contribution in [0.2, 0.25) is 0 Å². The highest BCUT2D eigenvalue weighted by atomic mass is 15.2. The molecule has 6 rings (SSSR count). The molecule has 0 bridgehead atoms. The van der Waals surface area contributed by atoms with Crippen LogP contribution < -0.4 is 0 Å². The predicted octanol–water partition coefficient (Wildman–Crippen LogP) is 5.61. The van der Waals surface area contributed by atoms with E-state index in [9.17, 15) is 0 Å². The first-order valence-electron chi connectivity index (χ1n) is 9.77. The quantitative estimate of drug-likeness (QED) is 0.430. The van der Waals surface area contributed by atoms with Crippen LogP contribution in [0.1, 0.15) is 0 Å². The Morgan fingerprint density at radius 1 is 0.733 bits per heavy atom. The second-order valence-corrected chi connectivity index (χ2v) is 7.23. The maximum absolute atomic E-state index is 4.64. The molecule has 0 amide bonds. The lowest BCUT2D eigenvalue weighted by atomic mass is 10.0. The average molecular weight is 387 g/mol. The molecule has 0 aliphatic carbocycles. The molecule has 5 nitrogen and oxygen atoms in total. The molecule has 0 saturated carbocycles. The normalized spacial score (nSPS) is 11.3. The van der Waals surface area contributed by atoms with E-state index in [1.165, 1.54) is 0 Å². The molecule has 0 fully saturated rings. The molecule has 0 saturated heterocycles. The van der Waals surface area contributed by atoms with Crippen molar-refractivity contribution >= 4 is 16.6 Å². The molecule has 1 aromatic carbocycles. The molecule has 0 unspecified atom stereocenters. The molecular formula is C25H17N5. The van der Waals surface area contributed by atoms with Crippen molar-refractivity contribution in [3.05, 3.63) is 97.8 Å². The van der Waals surface area contributed by atoms with Crippen molar-refractivity contribution < 1.29 is 0 Å². The second kappa shape index (κ2) is 6.67. The van der Waals surface area contributed by atoms with E-state index in [0.29, 0.717) is 0 Å². The van der Waals surface area contributed by atoms with Crippen LogP contribution >= 0.6 is 0 Å². The lowest BCUT2D eigenvalue weighted by Gasteiger charge is -2.05. The van der Waals surface area contributed by atoms with E-state index in [1.807, 2.05) is 59.8 Å². The van der Waals surface area contributed by atoms with E-state index in [4.69, 9.17) is 0 Å². The minimum atomic E-state index is 0.880. The fourth-order valence-electron chi connectivity index (χ4n) is 3.92. The number of nitrogens with one attached hydrogen (secondary N) is 1. The van der Waals surface area contributed by atoms with Gasteiger partial charge < -0.3 is 4.98 Å². The third kappa shape index (κ3) is 2.68. The van der Waals surface area contributed by atoms with E-state index in [2.05, 4.69) is 56.4 Å². The largest absolute Gasteiger partial charge is 0.346 e.